The van der Waals surface area contributed by atoms with Crippen LogP contribution in [0, 0.1) is 0 Å². The minimum absolute atomic E-state index is 0.147. The van der Waals surface area contributed by atoms with Gasteiger partial charge in [0.05, 0.1) is 5.66 Å². The fourth-order valence-electron chi connectivity index (χ4n) is 3.20. The second-order valence-electron chi connectivity index (χ2n) is 6.22. The summed E-state index contributed by atoms with van der Waals surface area (Å²) in [5.41, 5.74) is 0.613. The molecule has 0 amide bonds. The zero-order chi connectivity index (χ0) is 18.6. The summed E-state index contributed by atoms with van der Waals surface area (Å²) in [6.45, 7) is 5.51. The van der Waals surface area contributed by atoms with Crippen molar-refractivity contribution in [2.45, 2.75) is 12.6 Å². The Bertz CT molecular complexity index is 904. The second-order valence-corrected chi connectivity index (χ2v) is 9.09. The number of carbonyl (C=O) groups is 1. The number of Topliss-reactive ketones (excluding diaryl/α,β-unsaturated/α-hetero) is 1. The third-order valence-electron chi connectivity index (χ3n) is 4.54. The lowest BCUT2D eigenvalue weighted by Crippen LogP contribution is -2.24. The van der Waals surface area contributed by atoms with Gasteiger partial charge in [0.25, 0.3) is 0 Å². The predicted molar refractivity (Wildman–Crippen MR) is 109 cm³/mol. The minimum Gasteiger partial charge on any atom is -0.313 e. The molecule has 0 aromatic heterocycles. The van der Waals surface area contributed by atoms with Crippen molar-refractivity contribution in [3.05, 3.63) is 109 Å². The first kappa shape index (κ1) is 18.1. The Morgan fingerprint density at radius 3 is 1.54 bits per heavy atom. The SMILES string of the molecule is C=C(C(C)=O)[C@H](c1ccccc1)P(=O)(c1ccccc1)c1ccccc1. The van der Waals surface area contributed by atoms with Crippen molar-refractivity contribution in [2.75, 3.05) is 0 Å². The molecule has 0 aliphatic heterocycles. The van der Waals surface area contributed by atoms with Crippen LogP contribution in [-0.2, 0) is 9.36 Å². The highest BCUT2D eigenvalue weighted by Crippen LogP contribution is 2.60. The summed E-state index contributed by atoms with van der Waals surface area (Å²) in [6.07, 6.45) is 0. The Morgan fingerprint density at radius 2 is 1.15 bits per heavy atom. The Hall–Kier alpha value is -2.70. The van der Waals surface area contributed by atoms with Gasteiger partial charge < -0.3 is 4.57 Å². The van der Waals surface area contributed by atoms with Crippen LogP contribution in [0.25, 0.3) is 0 Å². The molecule has 0 unspecified atom stereocenters. The molecule has 0 saturated heterocycles. The number of hydrogen-bond acceptors (Lipinski definition) is 2. The van der Waals surface area contributed by atoms with Crippen LogP contribution in [0.1, 0.15) is 18.1 Å². The molecule has 0 radical (unpaired) electrons. The lowest BCUT2D eigenvalue weighted by molar-refractivity contribution is -0.113. The van der Waals surface area contributed by atoms with E-state index >= 15 is 0 Å². The summed E-state index contributed by atoms with van der Waals surface area (Å²) in [4.78, 5) is 12.2. The van der Waals surface area contributed by atoms with E-state index in [1.165, 1.54) is 6.92 Å². The van der Waals surface area contributed by atoms with E-state index in [4.69, 9.17) is 0 Å². The van der Waals surface area contributed by atoms with E-state index in [1.54, 1.807) is 0 Å². The maximum Gasteiger partial charge on any atom is 0.156 e. The summed E-state index contributed by atoms with van der Waals surface area (Å²) in [6, 6.07) is 28.3. The van der Waals surface area contributed by atoms with Crippen LogP contribution in [0.2, 0.25) is 0 Å². The molecule has 3 heteroatoms. The molecule has 0 aliphatic carbocycles. The van der Waals surface area contributed by atoms with Crippen molar-refractivity contribution in [2.24, 2.45) is 0 Å². The van der Waals surface area contributed by atoms with Gasteiger partial charge in [0.15, 0.2) is 12.9 Å². The van der Waals surface area contributed by atoms with Gasteiger partial charge in [0, 0.05) is 16.2 Å². The zero-order valence-corrected chi connectivity index (χ0v) is 15.6. The number of rotatable bonds is 6. The maximum absolute atomic E-state index is 14.6. The van der Waals surface area contributed by atoms with Gasteiger partial charge in [-0.1, -0.05) is 97.6 Å². The molecular formula is C23H21O2P. The van der Waals surface area contributed by atoms with Crippen LogP contribution < -0.4 is 10.6 Å². The van der Waals surface area contributed by atoms with Gasteiger partial charge in [-0.3, -0.25) is 4.79 Å². The Balaban J connectivity index is 2.32. The van der Waals surface area contributed by atoms with Crippen molar-refractivity contribution >= 4 is 23.5 Å². The van der Waals surface area contributed by atoms with Gasteiger partial charge in [-0.2, -0.15) is 0 Å². The fourth-order valence-corrected chi connectivity index (χ4v) is 6.54. The molecule has 0 heterocycles. The molecule has 0 saturated carbocycles. The van der Waals surface area contributed by atoms with Crippen molar-refractivity contribution < 1.29 is 9.36 Å². The predicted octanol–water partition coefficient (Wildman–Crippen LogP) is 4.89. The smallest absolute Gasteiger partial charge is 0.156 e. The Labute approximate surface area is 154 Å². The topological polar surface area (TPSA) is 34.1 Å². The maximum atomic E-state index is 14.6. The molecule has 26 heavy (non-hydrogen) atoms. The van der Waals surface area contributed by atoms with Crippen LogP contribution in [0.5, 0.6) is 0 Å². The molecule has 0 N–H and O–H groups in total. The number of allylic oxidation sites excluding steroid dienone is 1. The number of hydrogen-bond donors (Lipinski definition) is 0. The van der Waals surface area contributed by atoms with Crippen LogP contribution in [0.15, 0.2) is 103 Å². The van der Waals surface area contributed by atoms with E-state index in [-0.39, 0.29) is 5.78 Å². The summed E-state index contributed by atoms with van der Waals surface area (Å²) < 4.78 is 14.6. The van der Waals surface area contributed by atoms with Gasteiger partial charge in [-0.15, -0.1) is 0 Å². The second kappa shape index (κ2) is 7.68. The van der Waals surface area contributed by atoms with Gasteiger partial charge in [0.2, 0.25) is 0 Å². The third-order valence-corrected chi connectivity index (χ3v) is 8.01. The van der Waals surface area contributed by atoms with Crippen LogP contribution in [0.4, 0.5) is 0 Å². The molecule has 0 fully saturated rings. The molecule has 130 valence electrons. The quantitative estimate of drug-likeness (QED) is 0.463. The van der Waals surface area contributed by atoms with Gasteiger partial charge in [-0.25, -0.2) is 0 Å². The van der Waals surface area contributed by atoms with Crippen LogP contribution >= 0.6 is 7.14 Å². The molecule has 0 aliphatic rings. The first-order chi connectivity index (χ1) is 12.5. The molecule has 3 aromatic carbocycles. The molecule has 0 spiro atoms. The zero-order valence-electron chi connectivity index (χ0n) is 14.7. The monoisotopic (exact) mass is 360 g/mol. The van der Waals surface area contributed by atoms with Crippen molar-refractivity contribution in [1.29, 1.82) is 0 Å². The largest absolute Gasteiger partial charge is 0.313 e. The normalized spacial score (nSPS) is 12.3. The third kappa shape index (κ3) is 3.34. The minimum atomic E-state index is -3.19. The number of carbonyl (C=O) groups excluding carboxylic acids is 1. The average Bonchev–Trinajstić information content (AvgIpc) is 2.70. The van der Waals surface area contributed by atoms with Crippen molar-refractivity contribution in [3.63, 3.8) is 0 Å². The summed E-state index contributed by atoms with van der Waals surface area (Å²) in [5, 5.41) is 1.45. The van der Waals surface area contributed by atoms with E-state index in [0.717, 1.165) is 16.2 Å². The van der Waals surface area contributed by atoms with Gasteiger partial charge in [-0.05, 0) is 12.5 Å². The van der Waals surface area contributed by atoms with E-state index < -0.39 is 12.8 Å². The standard InChI is InChI=1S/C23H21O2P/c1-18(19(2)24)23(20-12-6-3-7-13-20)26(25,21-14-8-4-9-15-21)22-16-10-5-11-17-22/h3-17,23H,1H2,2H3/t23-/m1/s1. The summed E-state index contributed by atoms with van der Waals surface area (Å²) >= 11 is 0. The van der Waals surface area contributed by atoms with Crippen molar-refractivity contribution in [3.8, 4) is 0 Å². The highest BCUT2D eigenvalue weighted by molar-refractivity contribution is 7.79. The Morgan fingerprint density at radius 1 is 0.769 bits per heavy atom. The average molecular weight is 360 g/mol. The lowest BCUT2D eigenvalue weighted by Gasteiger charge is -2.30. The van der Waals surface area contributed by atoms with E-state index in [1.807, 2.05) is 91.0 Å². The molecule has 3 rings (SSSR count). The van der Waals surface area contributed by atoms with Crippen molar-refractivity contribution in [1.82, 2.24) is 0 Å². The summed E-state index contributed by atoms with van der Waals surface area (Å²) in [5.74, 6) is -0.147. The molecular weight excluding hydrogens is 339 g/mol. The Kier molecular flexibility index (Phi) is 5.35. The van der Waals surface area contributed by atoms with Crippen LogP contribution in [-0.4, -0.2) is 5.78 Å². The van der Waals surface area contributed by atoms with Crippen LogP contribution in [0.3, 0.4) is 0 Å². The highest BCUT2D eigenvalue weighted by atomic mass is 31.2. The highest BCUT2D eigenvalue weighted by Gasteiger charge is 2.40. The molecule has 3 aromatic rings. The summed E-state index contributed by atoms with van der Waals surface area (Å²) in [7, 11) is -3.19. The number of benzene rings is 3. The van der Waals surface area contributed by atoms with E-state index in [9.17, 15) is 9.36 Å². The van der Waals surface area contributed by atoms with E-state index in [0.29, 0.717) is 5.57 Å². The van der Waals surface area contributed by atoms with Gasteiger partial charge >= 0.3 is 0 Å². The lowest BCUT2D eigenvalue weighted by atomic mass is 10.0. The number of ketones is 1. The molecule has 1 atom stereocenters. The molecule has 2 nitrogen and oxygen atoms in total. The van der Waals surface area contributed by atoms with Gasteiger partial charge in [0.1, 0.15) is 0 Å². The fraction of sp³-hybridized carbons (Fsp3) is 0.0870. The van der Waals surface area contributed by atoms with E-state index in [2.05, 4.69) is 6.58 Å². The first-order valence-corrected chi connectivity index (χ1v) is 10.3. The molecule has 0 bridgehead atoms. The first-order valence-electron chi connectivity index (χ1n) is 8.51.